The molecular formula is C30H37FO2. The van der Waals surface area contributed by atoms with Crippen LogP contribution < -0.4 is 0 Å². The van der Waals surface area contributed by atoms with Crippen LogP contribution in [0.15, 0.2) is 41.0 Å². The van der Waals surface area contributed by atoms with Gasteiger partial charge in [0, 0.05) is 18.3 Å². The summed E-state index contributed by atoms with van der Waals surface area (Å²) >= 11 is 0. The number of aliphatic hydroxyl groups is 1. The number of halogens is 1. The third-order valence-electron chi connectivity index (χ3n) is 8.61. The Bertz CT molecular complexity index is 1040. The molecule has 4 aliphatic carbocycles. The first kappa shape index (κ1) is 24.0. The maximum atomic E-state index is 14.5. The van der Waals surface area contributed by atoms with E-state index in [1.807, 2.05) is 26.0 Å². The summed E-state index contributed by atoms with van der Waals surface area (Å²) in [6.45, 7) is 8.03. The average molecular weight is 449 g/mol. The topological polar surface area (TPSA) is 37.3 Å². The molecule has 2 saturated carbocycles. The van der Waals surface area contributed by atoms with Crippen molar-refractivity contribution in [2.24, 2.45) is 23.2 Å². The number of aliphatic hydroxyl groups excluding tert-OH is 1. The number of fused-ring (bicyclic) bond motifs is 4. The Hall–Kier alpha value is -2.18. The predicted molar refractivity (Wildman–Crippen MR) is 131 cm³/mol. The van der Waals surface area contributed by atoms with E-state index < -0.39 is 0 Å². The molecule has 5 atom stereocenters. The molecule has 33 heavy (non-hydrogen) atoms. The average Bonchev–Trinajstić information content (AvgIpc) is 3.09. The molecule has 176 valence electrons. The first-order valence-electron chi connectivity index (χ1n) is 12.5. The summed E-state index contributed by atoms with van der Waals surface area (Å²) in [5, 5.41) is 10.9. The van der Waals surface area contributed by atoms with Crippen LogP contribution in [0.5, 0.6) is 0 Å². The number of allylic oxidation sites excluding steroid dienone is 4. The number of carbonyl (C=O) groups excluding carboxylic acids is 1. The van der Waals surface area contributed by atoms with E-state index >= 15 is 0 Å². The highest BCUT2D eigenvalue weighted by Gasteiger charge is 2.56. The lowest BCUT2D eigenvalue weighted by molar-refractivity contribution is -0.114. The molecule has 5 rings (SSSR count). The predicted octanol–water partition coefficient (Wildman–Crippen LogP) is 6.67. The van der Waals surface area contributed by atoms with Gasteiger partial charge in [-0.15, -0.1) is 12.3 Å². The molecular weight excluding hydrogens is 411 g/mol. The maximum Gasteiger partial charge on any atom is 0.156 e. The van der Waals surface area contributed by atoms with Crippen molar-refractivity contribution in [1.29, 1.82) is 0 Å². The van der Waals surface area contributed by atoms with Gasteiger partial charge in [-0.25, -0.2) is 4.39 Å². The molecule has 0 aromatic heterocycles. The van der Waals surface area contributed by atoms with E-state index in [2.05, 4.69) is 18.9 Å². The number of hydrogen-bond donors (Lipinski definition) is 1. The van der Waals surface area contributed by atoms with Crippen LogP contribution in [0.2, 0.25) is 0 Å². The fourth-order valence-corrected chi connectivity index (χ4v) is 6.76. The molecule has 0 spiro atoms. The van der Waals surface area contributed by atoms with Crippen LogP contribution in [0.25, 0.3) is 0 Å². The van der Waals surface area contributed by atoms with Crippen molar-refractivity contribution in [3.05, 3.63) is 57.9 Å². The second kappa shape index (κ2) is 9.22. The molecule has 1 N–H and O–H groups in total. The van der Waals surface area contributed by atoms with Gasteiger partial charge in [-0.1, -0.05) is 38.5 Å². The molecule has 3 heteroatoms. The lowest BCUT2D eigenvalue weighted by Crippen LogP contribution is -2.45. The van der Waals surface area contributed by atoms with E-state index in [4.69, 9.17) is 6.42 Å². The Balaban J connectivity index is 0.000000471. The van der Waals surface area contributed by atoms with Gasteiger partial charge >= 0.3 is 0 Å². The minimum atomic E-state index is -0.272. The van der Waals surface area contributed by atoms with Crippen LogP contribution in [0.1, 0.15) is 82.8 Å². The number of aryl methyl sites for hydroxylation is 1. The summed E-state index contributed by atoms with van der Waals surface area (Å²) in [7, 11) is 0. The van der Waals surface area contributed by atoms with Crippen molar-refractivity contribution in [3.8, 4) is 12.3 Å². The van der Waals surface area contributed by atoms with Gasteiger partial charge in [-0.3, -0.25) is 4.79 Å². The van der Waals surface area contributed by atoms with Gasteiger partial charge in [0.1, 0.15) is 5.82 Å². The van der Waals surface area contributed by atoms with E-state index in [0.717, 1.165) is 44.1 Å². The number of rotatable bonds is 1. The number of terminal acetylenes is 1. The van der Waals surface area contributed by atoms with Gasteiger partial charge < -0.3 is 5.11 Å². The summed E-state index contributed by atoms with van der Waals surface area (Å²) in [5.41, 5.74) is 5.67. The van der Waals surface area contributed by atoms with Crippen LogP contribution >= 0.6 is 0 Å². The van der Waals surface area contributed by atoms with Crippen molar-refractivity contribution in [2.75, 3.05) is 0 Å². The standard InChI is InChI=1S/C25H29FO2.C5H8/c1-14-3-4-16(12-22(14)26)20-13-25(2)21(9-10-23(25)28)19-7-5-15-11-17(27)6-8-18(15)24(19)20;1-4-5(2)3/h3-4,11-12,19-21,23,28H,5-10,13H2,1-2H3;1,5H,2-3H3. The zero-order valence-corrected chi connectivity index (χ0v) is 20.5. The van der Waals surface area contributed by atoms with Crippen molar-refractivity contribution in [3.63, 3.8) is 0 Å². The van der Waals surface area contributed by atoms with Gasteiger partial charge in [0.05, 0.1) is 6.10 Å². The highest BCUT2D eigenvalue weighted by atomic mass is 19.1. The largest absolute Gasteiger partial charge is 0.393 e. The summed E-state index contributed by atoms with van der Waals surface area (Å²) < 4.78 is 14.5. The number of carbonyl (C=O) groups is 1. The molecule has 0 radical (unpaired) electrons. The third kappa shape index (κ3) is 4.35. The van der Waals surface area contributed by atoms with Gasteiger partial charge in [0.2, 0.25) is 0 Å². The Kier molecular flexibility index (Phi) is 6.70. The molecule has 5 unspecified atom stereocenters. The maximum absolute atomic E-state index is 14.5. The molecule has 1 aromatic carbocycles. The molecule has 2 nitrogen and oxygen atoms in total. The van der Waals surface area contributed by atoms with Crippen LogP contribution in [0.3, 0.4) is 0 Å². The first-order valence-corrected chi connectivity index (χ1v) is 12.5. The van der Waals surface area contributed by atoms with Gasteiger partial charge in [0.15, 0.2) is 5.78 Å². The fourth-order valence-electron chi connectivity index (χ4n) is 6.76. The van der Waals surface area contributed by atoms with Crippen LogP contribution in [-0.4, -0.2) is 17.0 Å². The molecule has 0 bridgehead atoms. The zero-order valence-electron chi connectivity index (χ0n) is 20.5. The highest BCUT2D eigenvalue weighted by Crippen LogP contribution is 2.63. The molecule has 0 saturated heterocycles. The van der Waals surface area contributed by atoms with Crippen LogP contribution in [-0.2, 0) is 4.79 Å². The second-order valence-electron chi connectivity index (χ2n) is 11.0. The second-order valence-corrected chi connectivity index (χ2v) is 11.0. The smallest absolute Gasteiger partial charge is 0.156 e. The lowest BCUT2D eigenvalue weighted by atomic mass is 9.53. The lowest BCUT2D eigenvalue weighted by Gasteiger charge is -2.52. The molecule has 4 aliphatic rings. The Morgan fingerprint density at radius 3 is 2.58 bits per heavy atom. The van der Waals surface area contributed by atoms with Gasteiger partial charge in [0.25, 0.3) is 0 Å². The van der Waals surface area contributed by atoms with Gasteiger partial charge in [-0.2, -0.15) is 0 Å². The van der Waals surface area contributed by atoms with Crippen molar-refractivity contribution in [2.45, 2.75) is 84.7 Å². The highest BCUT2D eigenvalue weighted by molar-refractivity contribution is 5.93. The van der Waals surface area contributed by atoms with Crippen molar-refractivity contribution in [1.82, 2.24) is 0 Å². The molecule has 1 aromatic rings. The molecule has 0 aliphatic heterocycles. The Morgan fingerprint density at radius 2 is 1.91 bits per heavy atom. The molecule has 0 amide bonds. The van der Waals surface area contributed by atoms with E-state index in [1.54, 1.807) is 13.0 Å². The minimum absolute atomic E-state index is 0.105. The number of hydrogen-bond acceptors (Lipinski definition) is 2. The number of ketones is 1. The quantitative estimate of drug-likeness (QED) is 0.487. The van der Waals surface area contributed by atoms with E-state index in [1.165, 1.54) is 16.7 Å². The number of benzene rings is 1. The SMILES string of the molecule is C#CC(C)C.Cc1ccc(C2CC3(C)C(O)CCC3C3CCC4=CC(=O)CCC4=C23)cc1F. The minimum Gasteiger partial charge on any atom is -0.393 e. The molecule has 2 fully saturated rings. The van der Waals surface area contributed by atoms with E-state index in [0.29, 0.717) is 29.7 Å². The Labute approximate surface area is 198 Å². The van der Waals surface area contributed by atoms with Crippen LogP contribution in [0.4, 0.5) is 4.39 Å². The summed E-state index contributed by atoms with van der Waals surface area (Å²) in [5.74, 6) is 4.12. The first-order chi connectivity index (χ1) is 15.7. The monoisotopic (exact) mass is 448 g/mol. The Morgan fingerprint density at radius 1 is 1.18 bits per heavy atom. The van der Waals surface area contributed by atoms with Crippen LogP contribution in [0, 0.1) is 48.3 Å². The third-order valence-corrected chi connectivity index (χ3v) is 8.61. The van der Waals surface area contributed by atoms with E-state index in [-0.39, 0.29) is 29.0 Å². The van der Waals surface area contributed by atoms with Gasteiger partial charge in [-0.05, 0) is 97.1 Å². The van der Waals surface area contributed by atoms with Crippen molar-refractivity contribution < 1.29 is 14.3 Å². The fraction of sp³-hybridized carbons (Fsp3) is 0.567. The normalized spacial score (nSPS) is 32.8. The van der Waals surface area contributed by atoms with Crippen molar-refractivity contribution >= 4 is 5.78 Å². The van der Waals surface area contributed by atoms with E-state index in [9.17, 15) is 14.3 Å². The summed E-state index contributed by atoms with van der Waals surface area (Å²) in [6.07, 6.45) is 12.8. The molecule has 0 heterocycles. The zero-order chi connectivity index (χ0) is 23.9. The summed E-state index contributed by atoms with van der Waals surface area (Å²) in [4.78, 5) is 12.0. The summed E-state index contributed by atoms with van der Waals surface area (Å²) in [6, 6.07) is 5.67.